The van der Waals surface area contributed by atoms with E-state index < -0.39 is 16.1 Å². The fourth-order valence-electron chi connectivity index (χ4n) is 3.29. The van der Waals surface area contributed by atoms with Gasteiger partial charge in [0.05, 0.1) is 11.0 Å². The Morgan fingerprint density at radius 1 is 1.36 bits per heavy atom. The maximum Gasteiger partial charge on any atom is 0.240 e. The van der Waals surface area contributed by atoms with E-state index in [0.29, 0.717) is 19.5 Å². The predicted octanol–water partition coefficient (Wildman–Crippen LogP) is 1.42. The van der Waals surface area contributed by atoms with Gasteiger partial charge in [-0.1, -0.05) is 12.5 Å². The van der Waals surface area contributed by atoms with Crippen LogP contribution in [0.3, 0.4) is 0 Å². The van der Waals surface area contributed by atoms with E-state index >= 15 is 0 Å². The molecule has 1 aliphatic heterocycles. The lowest BCUT2D eigenvalue weighted by Gasteiger charge is -2.35. The van der Waals surface area contributed by atoms with Crippen LogP contribution in [0.2, 0.25) is 0 Å². The topological polar surface area (TPSA) is 86.7 Å². The molecule has 138 valence electrons. The van der Waals surface area contributed by atoms with Crippen LogP contribution >= 0.6 is 0 Å². The molecule has 2 N–H and O–H groups in total. The van der Waals surface area contributed by atoms with E-state index in [2.05, 4.69) is 4.72 Å². The Morgan fingerprint density at radius 3 is 2.76 bits per heavy atom. The van der Waals surface area contributed by atoms with Gasteiger partial charge >= 0.3 is 0 Å². The second-order valence-corrected chi connectivity index (χ2v) is 8.87. The summed E-state index contributed by atoms with van der Waals surface area (Å²) in [4.78, 5) is 14.5. The fourth-order valence-corrected chi connectivity index (χ4v) is 4.39. The molecule has 7 heteroatoms. The monoisotopic (exact) mass is 366 g/mol. The third kappa shape index (κ3) is 4.22. The Hall–Kier alpha value is -1.44. The first-order chi connectivity index (χ1) is 11.9. The smallest absolute Gasteiger partial charge is 0.240 e. The van der Waals surface area contributed by atoms with Crippen LogP contribution in [0.1, 0.15) is 43.7 Å². The van der Waals surface area contributed by atoms with Crippen molar-refractivity contribution in [1.82, 2.24) is 9.62 Å². The summed E-state index contributed by atoms with van der Waals surface area (Å²) in [5.41, 5.74) is 2.03. The number of hydrogen-bond acceptors (Lipinski definition) is 4. The number of aliphatic hydroxyl groups is 1. The summed E-state index contributed by atoms with van der Waals surface area (Å²) in [6.07, 6.45) is 3.67. The lowest BCUT2D eigenvalue weighted by atomic mass is 9.84. The van der Waals surface area contributed by atoms with Crippen LogP contribution in [0.5, 0.6) is 0 Å². The lowest BCUT2D eigenvalue weighted by Crippen LogP contribution is -2.41. The molecule has 3 rings (SSSR count). The molecule has 1 amide bonds. The summed E-state index contributed by atoms with van der Waals surface area (Å²) < 4.78 is 27.3. The molecule has 6 nitrogen and oxygen atoms in total. The van der Waals surface area contributed by atoms with E-state index in [1.165, 1.54) is 0 Å². The maximum atomic E-state index is 12.4. The lowest BCUT2D eigenvalue weighted by molar-refractivity contribution is -0.139. The number of sulfonamides is 1. The van der Waals surface area contributed by atoms with Gasteiger partial charge in [-0.15, -0.1) is 0 Å². The Balaban J connectivity index is 1.71. The summed E-state index contributed by atoms with van der Waals surface area (Å²) in [5.74, 6) is 0.371. The van der Waals surface area contributed by atoms with E-state index in [1.807, 2.05) is 11.0 Å². The average molecular weight is 366 g/mol. The molecule has 1 aromatic carbocycles. The molecular formula is C18H26N2O4S. The van der Waals surface area contributed by atoms with E-state index in [4.69, 9.17) is 0 Å². The second kappa shape index (κ2) is 7.43. The highest BCUT2D eigenvalue weighted by Gasteiger charge is 2.31. The zero-order valence-electron chi connectivity index (χ0n) is 14.6. The maximum absolute atomic E-state index is 12.4. The summed E-state index contributed by atoms with van der Waals surface area (Å²) in [6.45, 7) is 3.02. The van der Waals surface area contributed by atoms with Gasteiger partial charge in [-0.05, 0) is 55.9 Å². The minimum Gasteiger partial charge on any atom is -0.393 e. The molecule has 25 heavy (non-hydrogen) atoms. The largest absolute Gasteiger partial charge is 0.393 e. The number of hydrogen-bond donors (Lipinski definition) is 2. The number of benzene rings is 1. The number of carbonyl (C=O) groups excluding carboxylic acids is 1. The van der Waals surface area contributed by atoms with Gasteiger partial charge in [-0.25, -0.2) is 13.1 Å². The van der Waals surface area contributed by atoms with Gasteiger partial charge in [-0.3, -0.25) is 4.79 Å². The van der Waals surface area contributed by atoms with Crippen molar-refractivity contribution in [2.75, 3.05) is 13.1 Å². The molecule has 1 heterocycles. The van der Waals surface area contributed by atoms with Crippen molar-refractivity contribution in [3.63, 3.8) is 0 Å². The highest BCUT2D eigenvalue weighted by molar-refractivity contribution is 7.89. The summed E-state index contributed by atoms with van der Waals surface area (Å²) in [7, 11) is -3.60. The Kier molecular flexibility index (Phi) is 5.46. The fraction of sp³-hybridized carbons (Fsp3) is 0.611. The van der Waals surface area contributed by atoms with Crippen molar-refractivity contribution in [2.45, 2.75) is 56.6 Å². The van der Waals surface area contributed by atoms with Crippen LogP contribution in [-0.4, -0.2) is 43.5 Å². The van der Waals surface area contributed by atoms with Crippen molar-refractivity contribution < 1.29 is 18.3 Å². The zero-order valence-corrected chi connectivity index (χ0v) is 15.4. The Bertz CT molecular complexity index is 741. The van der Waals surface area contributed by atoms with Gasteiger partial charge < -0.3 is 10.0 Å². The molecular weight excluding hydrogens is 340 g/mol. The number of nitrogens with zero attached hydrogens (tertiary/aromatic N) is 1. The van der Waals surface area contributed by atoms with Gasteiger partial charge in [-0.2, -0.15) is 0 Å². The molecule has 0 aromatic heterocycles. The molecule has 1 fully saturated rings. The third-order valence-electron chi connectivity index (χ3n) is 5.12. The van der Waals surface area contributed by atoms with Gasteiger partial charge in [0.15, 0.2) is 0 Å². The van der Waals surface area contributed by atoms with E-state index in [9.17, 15) is 18.3 Å². The number of amides is 1. The third-order valence-corrected chi connectivity index (χ3v) is 6.58. The van der Waals surface area contributed by atoms with Gasteiger partial charge in [0, 0.05) is 25.6 Å². The summed E-state index contributed by atoms with van der Waals surface area (Å²) >= 11 is 0. The normalized spacial score (nSPS) is 19.2. The number of nitrogens with one attached hydrogen (secondary N) is 1. The van der Waals surface area contributed by atoms with Gasteiger partial charge in [0.2, 0.25) is 15.9 Å². The number of rotatable bonds is 6. The van der Waals surface area contributed by atoms with Crippen LogP contribution < -0.4 is 4.72 Å². The van der Waals surface area contributed by atoms with Crippen LogP contribution in [0, 0.1) is 5.92 Å². The van der Waals surface area contributed by atoms with Crippen LogP contribution in [0.4, 0.5) is 0 Å². The molecule has 1 saturated carbocycles. The van der Waals surface area contributed by atoms with E-state index in [0.717, 1.165) is 36.8 Å². The molecule has 1 aromatic rings. The first-order valence-corrected chi connectivity index (χ1v) is 10.4. The summed E-state index contributed by atoms with van der Waals surface area (Å²) in [6, 6.07) is 5.15. The van der Waals surface area contributed by atoms with E-state index in [1.54, 1.807) is 19.1 Å². The second-order valence-electron chi connectivity index (χ2n) is 7.10. The molecule has 0 bridgehead atoms. The quantitative estimate of drug-likeness (QED) is 0.797. The standard InChI is InChI=1S/C18H26N2O4S/c1-13(21)7-9-19-25(23,24)17-6-5-14-8-10-20(12-16(14)11-17)18(22)15-3-2-4-15/h5-6,11,13,15,19,21H,2-4,7-10,12H2,1H3/t13-/m0/s1. The number of aliphatic hydroxyl groups excluding tert-OH is 1. The van der Waals surface area contributed by atoms with E-state index in [-0.39, 0.29) is 23.3 Å². The van der Waals surface area contributed by atoms with Crippen molar-refractivity contribution in [2.24, 2.45) is 5.92 Å². The zero-order chi connectivity index (χ0) is 18.0. The highest BCUT2D eigenvalue weighted by atomic mass is 32.2. The van der Waals surface area contributed by atoms with Crippen LogP contribution in [0.25, 0.3) is 0 Å². The SMILES string of the molecule is C[C@H](O)CCNS(=O)(=O)c1ccc2c(c1)CN(C(=O)C1CCC1)CC2. The molecule has 0 unspecified atom stereocenters. The molecule has 1 atom stereocenters. The number of carbonyl (C=O) groups is 1. The molecule has 0 spiro atoms. The molecule has 1 aliphatic carbocycles. The molecule has 0 radical (unpaired) electrons. The van der Waals surface area contributed by atoms with Crippen molar-refractivity contribution in [3.8, 4) is 0 Å². The minimum absolute atomic E-state index is 0.163. The van der Waals surface area contributed by atoms with Crippen LogP contribution in [-0.2, 0) is 27.8 Å². The average Bonchev–Trinajstić information content (AvgIpc) is 2.51. The minimum atomic E-state index is -3.60. The Morgan fingerprint density at radius 2 is 2.12 bits per heavy atom. The first kappa shape index (κ1) is 18.4. The Labute approximate surface area is 149 Å². The highest BCUT2D eigenvalue weighted by Crippen LogP contribution is 2.31. The van der Waals surface area contributed by atoms with Crippen molar-refractivity contribution >= 4 is 15.9 Å². The van der Waals surface area contributed by atoms with Crippen molar-refractivity contribution in [1.29, 1.82) is 0 Å². The summed E-state index contributed by atoms with van der Waals surface area (Å²) in [5, 5.41) is 9.26. The van der Waals surface area contributed by atoms with Gasteiger partial charge in [0.25, 0.3) is 0 Å². The molecule has 0 saturated heterocycles. The van der Waals surface area contributed by atoms with Crippen molar-refractivity contribution in [3.05, 3.63) is 29.3 Å². The van der Waals surface area contributed by atoms with Gasteiger partial charge in [0.1, 0.15) is 0 Å². The van der Waals surface area contributed by atoms with Crippen LogP contribution in [0.15, 0.2) is 23.1 Å². The molecule has 2 aliphatic rings. The predicted molar refractivity (Wildman–Crippen MR) is 94.4 cm³/mol. The first-order valence-electron chi connectivity index (χ1n) is 8.95. The number of fused-ring (bicyclic) bond motifs is 1.